The van der Waals surface area contributed by atoms with Crippen LogP contribution in [0.1, 0.15) is 43.2 Å². The van der Waals surface area contributed by atoms with Gasteiger partial charge in [-0.2, -0.15) is 0 Å². The van der Waals surface area contributed by atoms with Gasteiger partial charge in [0.1, 0.15) is 4.87 Å². The number of rotatable bonds is 3. The van der Waals surface area contributed by atoms with Crippen molar-refractivity contribution in [1.29, 1.82) is 0 Å². The fraction of sp³-hybridized carbons (Fsp3) is 0.440. The SMILES string of the molecule is O=S1(=O)C(c2ccccc2)=C(c2ccccc2)C2C3CCC(C3)[C@]21N1CCCC1. The summed E-state index contributed by atoms with van der Waals surface area (Å²) in [4.78, 5) is 2.27. The van der Waals surface area contributed by atoms with Crippen molar-refractivity contribution in [3.63, 3.8) is 0 Å². The first kappa shape index (κ1) is 17.9. The molecule has 0 aromatic heterocycles. The number of hydrogen-bond acceptors (Lipinski definition) is 3. The highest BCUT2D eigenvalue weighted by Gasteiger charge is 2.73. The molecule has 0 spiro atoms. The third-order valence-electron chi connectivity index (χ3n) is 7.95. The second-order valence-electron chi connectivity index (χ2n) is 9.17. The van der Waals surface area contributed by atoms with Crippen LogP contribution in [0.25, 0.3) is 10.5 Å². The number of fused-ring (bicyclic) bond motifs is 5. The summed E-state index contributed by atoms with van der Waals surface area (Å²) in [5.41, 5.74) is 3.04. The van der Waals surface area contributed by atoms with Gasteiger partial charge in [-0.25, -0.2) is 8.42 Å². The van der Waals surface area contributed by atoms with Gasteiger partial charge in [-0.15, -0.1) is 0 Å². The first-order valence-corrected chi connectivity index (χ1v) is 12.5. The van der Waals surface area contributed by atoms with Gasteiger partial charge in [0.05, 0.1) is 4.91 Å². The maximum atomic E-state index is 14.6. The van der Waals surface area contributed by atoms with Gasteiger partial charge in [0.25, 0.3) is 0 Å². The Morgan fingerprint density at radius 1 is 0.828 bits per heavy atom. The lowest BCUT2D eigenvalue weighted by atomic mass is 9.75. The van der Waals surface area contributed by atoms with Crippen molar-refractivity contribution in [3.8, 4) is 0 Å². The minimum Gasteiger partial charge on any atom is -0.284 e. The summed E-state index contributed by atoms with van der Waals surface area (Å²) in [5, 5.41) is 0. The molecular formula is C25H27NO2S. The molecule has 3 unspecified atom stereocenters. The molecular weight excluding hydrogens is 378 g/mol. The van der Waals surface area contributed by atoms with Crippen LogP contribution in [0.3, 0.4) is 0 Å². The van der Waals surface area contributed by atoms with Crippen molar-refractivity contribution in [1.82, 2.24) is 4.90 Å². The van der Waals surface area contributed by atoms with Crippen LogP contribution in [0, 0.1) is 17.8 Å². The monoisotopic (exact) mass is 405 g/mol. The van der Waals surface area contributed by atoms with Crippen molar-refractivity contribution in [3.05, 3.63) is 71.8 Å². The van der Waals surface area contributed by atoms with E-state index in [4.69, 9.17) is 0 Å². The van der Waals surface area contributed by atoms with Gasteiger partial charge >= 0.3 is 0 Å². The lowest BCUT2D eigenvalue weighted by Crippen LogP contribution is -2.59. The first-order chi connectivity index (χ1) is 14.2. The molecule has 0 N–H and O–H groups in total. The van der Waals surface area contributed by atoms with Gasteiger partial charge < -0.3 is 0 Å². The molecule has 2 bridgehead atoms. The molecule has 4 aliphatic rings. The van der Waals surface area contributed by atoms with Crippen LogP contribution >= 0.6 is 0 Å². The Morgan fingerprint density at radius 3 is 2.10 bits per heavy atom. The molecule has 6 rings (SSSR count). The van der Waals surface area contributed by atoms with E-state index in [2.05, 4.69) is 17.0 Å². The lowest BCUT2D eigenvalue weighted by molar-refractivity contribution is 0.106. The van der Waals surface area contributed by atoms with Gasteiger partial charge in [0.15, 0.2) is 9.84 Å². The number of likely N-dealkylation sites (tertiary alicyclic amines) is 1. The van der Waals surface area contributed by atoms with Crippen LogP contribution in [0.15, 0.2) is 60.7 Å². The van der Waals surface area contributed by atoms with Crippen LogP contribution in [0.5, 0.6) is 0 Å². The fourth-order valence-electron chi connectivity index (χ4n) is 7.09. The summed E-state index contributed by atoms with van der Waals surface area (Å²) in [5.74, 6) is 0.842. The average molecular weight is 406 g/mol. The summed E-state index contributed by atoms with van der Waals surface area (Å²) in [6, 6.07) is 20.2. The van der Waals surface area contributed by atoms with E-state index in [0.717, 1.165) is 55.5 Å². The largest absolute Gasteiger partial charge is 0.284 e. The molecule has 1 saturated heterocycles. The molecule has 2 aliphatic heterocycles. The van der Waals surface area contributed by atoms with Crippen LogP contribution in [0.2, 0.25) is 0 Å². The van der Waals surface area contributed by atoms with E-state index >= 15 is 0 Å². The minimum absolute atomic E-state index is 0.0990. The molecule has 3 nitrogen and oxygen atoms in total. The van der Waals surface area contributed by atoms with E-state index in [1.54, 1.807) is 0 Å². The van der Waals surface area contributed by atoms with Crippen molar-refractivity contribution in [2.45, 2.75) is 37.0 Å². The van der Waals surface area contributed by atoms with Crippen molar-refractivity contribution in [2.75, 3.05) is 13.1 Å². The molecule has 2 aromatic rings. The first-order valence-electron chi connectivity index (χ1n) is 11.0. The molecule has 3 fully saturated rings. The minimum atomic E-state index is -3.49. The van der Waals surface area contributed by atoms with Crippen LogP contribution in [0.4, 0.5) is 0 Å². The van der Waals surface area contributed by atoms with E-state index in [9.17, 15) is 8.42 Å². The second kappa shape index (κ2) is 6.29. The second-order valence-corrected chi connectivity index (χ2v) is 11.2. The summed E-state index contributed by atoms with van der Waals surface area (Å²) in [6.45, 7) is 1.84. The molecule has 150 valence electrons. The van der Waals surface area contributed by atoms with Gasteiger partial charge in [0, 0.05) is 5.92 Å². The topological polar surface area (TPSA) is 37.4 Å². The maximum absolute atomic E-state index is 14.6. The summed E-state index contributed by atoms with van der Waals surface area (Å²) in [6.07, 6.45) is 5.52. The van der Waals surface area contributed by atoms with E-state index in [-0.39, 0.29) is 11.8 Å². The normalized spacial score (nSPS) is 35.4. The Balaban J connectivity index is 1.68. The van der Waals surface area contributed by atoms with Gasteiger partial charge in [0.2, 0.25) is 0 Å². The van der Waals surface area contributed by atoms with Crippen molar-refractivity contribution >= 4 is 20.3 Å². The zero-order valence-corrected chi connectivity index (χ0v) is 17.4. The predicted octanol–water partition coefficient (Wildman–Crippen LogP) is 4.82. The Bertz CT molecular complexity index is 1070. The standard InChI is InChI=1S/C25H27NO2S/c27-29(28)24(19-11-5-2-6-12-19)22(18-9-3-1-4-10-18)23-20-13-14-21(17-20)25(23,29)26-15-7-8-16-26/h1-6,9-12,20-21,23H,7-8,13-17H2/t20?,21?,23?,25-/m1/s1. The molecule has 2 saturated carbocycles. The van der Waals surface area contributed by atoms with Crippen molar-refractivity contribution < 1.29 is 8.42 Å². The van der Waals surface area contributed by atoms with E-state index in [1.165, 1.54) is 6.42 Å². The zero-order chi connectivity index (χ0) is 19.6. The van der Waals surface area contributed by atoms with Crippen molar-refractivity contribution in [2.24, 2.45) is 17.8 Å². The number of benzene rings is 2. The van der Waals surface area contributed by atoms with E-state index < -0.39 is 14.7 Å². The van der Waals surface area contributed by atoms with Gasteiger partial charge in [-0.1, -0.05) is 60.7 Å². The third kappa shape index (κ3) is 2.19. The van der Waals surface area contributed by atoms with E-state index in [0.29, 0.717) is 10.8 Å². The summed E-state index contributed by atoms with van der Waals surface area (Å²) in [7, 11) is -3.49. The highest BCUT2D eigenvalue weighted by Crippen LogP contribution is 2.69. The Labute approximate surface area is 173 Å². The lowest BCUT2D eigenvalue weighted by Gasteiger charge is -2.46. The molecule has 0 amide bonds. The maximum Gasteiger partial charge on any atom is 0.199 e. The van der Waals surface area contributed by atoms with Gasteiger partial charge in [-0.05, 0) is 73.7 Å². The Kier molecular flexibility index (Phi) is 3.89. The highest BCUT2D eigenvalue weighted by atomic mass is 32.2. The quantitative estimate of drug-likeness (QED) is 0.735. The van der Waals surface area contributed by atoms with E-state index in [1.807, 2.05) is 48.5 Å². The van der Waals surface area contributed by atoms with Crippen LogP contribution in [-0.4, -0.2) is 31.3 Å². The molecule has 2 heterocycles. The molecule has 2 aliphatic carbocycles. The molecule has 29 heavy (non-hydrogen) atoms. The molecule has 4 atom stereocenters. The predicted molar refractivity (Wildman–Crippen MR) is 116 cm³/mol. The summed E-state index contributed by atoms with van der Waals surface area (Å²) >= 11 is 0. The smallest absolute Gasteiger partial charge is 0.199 e. The average Bonchev–Trinajstić information content (AvgIpc) is 3.51. The zero-order valence-electron chi connectivity index (χ0n) is 16.6. The number of nitrogens with zero attached hydrogens (tertiary/aromatic N) is 1. The third-order valence-corrected chi connectivity index (χ3v) is 10.7. The Hall–Kier alpha value is -1.91. The van der Waals surface area contributed by atoms with Gasteiger partial charge in [-0.3, -0.25) is 4.90 Å². The number of sulfone groups is 1. The molecule has 4 heteroatoms. The highest BCUT2D eigenvalue weighted by molar-refractivity contribution is 8.02. The summed E-state index contributed by atoms with van der Waals surface area (Å²) < 4.78 is 29.1. The fourth-order valence-corrected chi connectivity index (χ4v) is 10.2. The Morgan fingerprint density at radius 2 is 1.45 bits per heavy atom. The molecule has 0 radical (unpaired) electrons. The van der Waals surface area contributed by atoms with Crippen LogP contribution in [-0.2, 0) is 9.84 Å². The number of hydrogen-bond donors (Lipinski definition) is 0. The molecule has 2 aromatic carbocycles. The van der Waals surface area contributed by atoms with Crippen LogP contribution < -0.4 is 0 Å².